The molecule has 0 aromatic heterocycles. The third-order valence-corrected chi connectivity index (χ3v) is 2.46. The van der Waals surface area contributed by atoms with Crippen LogP contribution < -0.4 is 0 Å². The van der Waals surface area contributed by atoms with Crippen molar-refractivity contribution in [2.75, 3.05) is 0 Å². The van der Waals surface area contributed by atoms with Crippen molar-refractivity contribution in [3.05, 3.63) is 24.8 Å². The quantitative estimate of drug-likeness (QED) is 0.280. The largest absolute Gasteiger partial charge is 2.00 e. The fraction of sp³-hybridized carbons (Fsp3) is 0.538. The monoisotopic (exact) mass is 500 g/mol. The summed E-state index contributed by atoms with van der Waals surface area (Å²) in [6.45, 7) is 8.49. The number of hydrogen-bond donors (Lipinski definition) is 3. The minimum absolute atomic E-state index is 0. The van der Waals surface area contributed by atoms with Gasteiger partial charge in [0.1, 0.15) is 0 Å². The van der Waals surface area contributed by atoms with Crippen LogP contribution in [-0.2, 0) is 35.4 Å². The maximum Gasteiger partial charge on any atom is 2.00 e. The summed E-state index contributed by atoms with van der Waals surface area (Å²) in [6.07, 6.45) is 4.80. The molecule has 132 valence electrons. The molecule has 9 heteroatoms. The first-order valence-electron chi connectivity index (χ1n) is 5.98. The maximum absolute atomic E-state index is 9.60. The number of hydrogen-bond acceptors (Lipinski definition) is 3. The van der Waals surface area contributed by atoms with Crippen molar-refractivity contribution in [2.45, 2.75) is 38.6 Å². The Morgan fingerprint density at radius 1 is 1.05 bits per heavy atom. The minimum atomic E-state index is -1.82. The van der Waals surface area contributed by atoms with Crippen molar-refractivity contribution < 1.29 is 56.2 Å². The summed E-state index contributed by atoms with van der Waals surface area (Å²) in [4.78, 5) is 27.8. The fourth-order valence-electron chi connectivity index (χ4n) is 1.21. The van der Waals surface area contributed by atoms with E-state index in [1.165, 1.54) is 26.2 Å². The molecule has 2 atom stereocenters. The summed E-state index contributed by atoms with van der Waals surface area (Å²) >= 11 is 0. The molecule has 1 rings (SSSR count). The molecule has 1 fully saturated rings. The van der Waals surface area contributed by atoms with E-state index in [1.54, 1.807) is 0 Å². The first-order valence-corrected chi connectivity index (χ1v) is 5.98. The van der Waals surface area contributed by atoms with Gasteiger partial charge in [0.2, 0.25) is 0 Å². The molecule has 1 saturated carbocycles. The molecule has 0 bridgehead atoms. The van der Waals surface area contributed by atoms with Crippen LogP contribution in [0.3, 0.4) is 0 Å². The van der Waals surface area contributed by atoms with Gasteiger partial charge in [-0.3, -0.25) is 0 Å². The number of nitrogens with one attached hydrogen (secondary N) is 1. The van der Waals surface area contributed by atoms with Crippen LogP contribution >= 0.6 is 0 Å². The summed E-state index contributed by atoms with van der Waals surface area (Å²) in [5.41, 5.74) is 7.59. The van der Waals surface area contributed by atoms with Gasteiger partial charge in [0.05, 0.1) is 0 Å². The molecule has 0 spiro atoms. The van der Waals surface area contributed by atoms with Gasteiger partial charge in [0.25, 0.3) is 0 Å². The summed E-state index contributed by atoms with van der Waals surface area (Å²) in [5.74, 6) is -4.16. The van der Waals surface area contributed by atoms with E-state index in [-0.39, 0.29) is 38.2 Å². The van der Waals surface area contributed by atoms with Crippen LogP contribution in [0.1, 0.15) is 32.6 Å². The molecule has 0 amide bonds. The molecule has 0 radical (unpaired) electrons. The topological polar surface area (TPSA) is 167 Å². The minimum Gasteiger partial charge on any atom is -0.677 e. The van der Waals surface area contributed by atoms with Crippen LogP contribution in [0.15, 0.2) is 12.2 Å². The summed E-state index contributed by atoms with van der Waals surface area (Å²) in [6, 6.07) is 0.142. The summed E-state index contributed by atoms with van der Waals surface area (Å²) < 4.78 is 0. The van der Waals surface area contributed by atoms with Crippen molar-refractivity contribution in [1.82, 2.24) is 0 Å². The Labute approximate surface area is 144 Å². The average Bonchev–Trinajstić information content (AvgIpc) is 2.34. The molecule has 0 aromatic carbocycles. The molecule has 0 aromatic rings. The molecule has 0 heterocycles. The molecule has 1 aliphatic carbocycles. The second-order valence-electron chi connectivity index (χ2n) is 4.35. The van der Waals surface area contributed by atoms with Gasteiger partial charge in [-0.2, -0.15) is 12.0 Å². The van der Waals surface area contributed by atoms with Gasteiger partial charge in [0, 0.05) is 5.57 Å². The first kappa shape index (κ1) is 28.9. The van der Waals surface area contributed by atoms with Crippen LogP contribution in [0, 0.1) is 12.8 Å². The maximum atomic E-state index is 9.60. The van der Waals surface area contributed by atoms with E-state index < -0.39 is 17.9 Å². The molecule has 6 N–H and O–H groups in total. The Balaban J connectivity index is -0.000000108. The SMILES string of the molecule is C=C(C)C(=O)O.O.O=C(O)C(=O)O.[CH2-]C1CCCCC1[NH-].[Pt+2]. The number of carboxylic acid groups (broad SMARTS) is 3. The van der Waals surface area contributed by atoms with Gasteiger partial charge in [-0.05, 0) is 6.92 Å². The Kier molecular flexibility index (Phi) is 21.2. The second-order valence-corrected chi connectivity index (χ2v) is 4.35. The van der Waals surface area contributed by atoms with E-state index in [0.717, 1.165) is 6.42 Å². The van der Waals surface area contributed by atoms with E-state index in [1.807, 2.05) is 0 Å². The summed E-state index contributed by atoms with van der Waals surface area (Å²) in [7, 11) is 0. The zero-order chi connectivity index (χ0) is 16.3. The smallest absolute Gasteiger partial charge is 0.677 e. The van der Waals surface area contributed by atoms with Gasteiger partial charge >= 0.3 is 39.0 Å². The molecule has 0 aliphatic heterocycles. The molecule has 8 nitrogen and oxygen atoms in total. The fourth-order valence-corrected chi connectivity index (χ4v) is 1.21. The Bertz CT molecular complexity index is 302. The van der Waals surface area contributed by atoms with Crippen LogP contribution in [0.4, 0.5) is 0 Å². The Morgan fingerprint density at radius 3 is 1.50 bits per heavy atom. The molecule has 22 heavy (non-hydrogen) atoms. The van der Waals surface area contributed by atoms with Crippen molar-refractivity contribution in [3.8, 4) is 0 Å². The third-order valence-electron chi connectivity index (χ3n) is 2.46. The van der Waals surface area contributed by atoms with E-state index in [0.29, 0.717) is 5.92 Å². The van der Waals surface area contributed by atoms with Crippen LogP contribution in [0.25, 0.3) is 5.73 Å². The van der Waals surface area contributed by atoms with Crippen molar-refractivity contribution in [3.63, 3.8) is 0 Å². The van der Waals surface area contributed by atoms with Gasteiger partial charge in [-0.25, -0.2) is 14.4 Å². The molecular formula is C13H23NO7Pt. The number of rotatable bonds is 1. The van der Waals surface area contributed by atoms with Gasteiger partial charge in [0.15, 0.2) is 0 Å². The standard InChI is InChI=1S/C7H13N.C4H6O2.C2H2O4.H2O.Pt/c1-6-4-2-3-5-7(6)8;1-3(2)4(5)6;3-1(4)2(5)6;;/h6-8H,1-5H2;1H2,2H3,(H,5,6);(H,3,4)(H,5,6);1H2;/q-2;;;;+2. The van der Waals surface area contributed by atoms with Crippen LogP contribution in [0.2, 0.25) is 0 Å². The second kappa shape index (κ2) is 16.1. The number of carbonyl (C=O) groups is 3. The molecule has 1 aliphatic rings. The Hall–Kier alpha value is -1.24. The number of aliphatic carboxylic acids is 3. The molecule has 2 unspecified atom stereocenters. The predicted molar refractivity (Wildman–Crippen MR) is 76.8 cm³/mol. The van der Waals surface area contributed by atoms with E-state index in [2.05, 4.69) is 13.5 Å². The molecule has 0 saturated heterocycles. The van der Waals surface area contributed by atoms with Crippen molar-refractivity contribution >= 4 is 17.9 Å². The van der Waals surface area contributed by atoms with Gasteiger partial charge in [-0.15, -0.1) is 0 Å². The average molecular weight is 500 g/mol. The zero-order valence-electron chi connectivity index (χ0n) is 12.3. The van der Waals surface area contributed by atoms with Crippen LogP contribution in [-0.4, -0.2) is 44.7 Å². The van der Waals surface area contributed by atoms with E-state index >= 15 is 0 Å². The third kappa shape index (κ3) is 18.8. The van der Waals surface area contributed by atoms with E-state index in [9.17, 15) is 4.79 Å². The van der Waals surface area contributed by atoms with Crippen LogP contribution in [0.5, 0.6) is 0 Å². The zero-order valence-corrected chi connectivity index (χ0v) is 14.6. The van der Waals surface area contributed by atoms with Gasteiger partial charge < -0.3 is 33.5 Å². The first-order chi connectivity index (χ1) is 9.09. The van der Waals surface area contributed by atoms with Gasteiger partial charge in [-0.1, -0.05) is 32.3 Å². The molecular weight excluding hydrogens is 477 g/mol. The van der Waals surface area contributed by atoms with E-state index in [4.69, 9.17) is 30.6 Å². The van der Waals surface area contributed by atoms with Crippen molar-refractivity contribution in [1.29, 1.82) is 0 Å². The number of carboxylic acids is 3. The van der Waals surface area contributed by atoms with Crippen molar-refractivity contribution in [2.24, 2.45) is 5.92 Å². The Morgan fingerprint density at radius 2 is 1.36 bits per heavy atom. The summed E-state index contributed by atoms with van der Waals surface area (Å²) in [5, 5.41) is 22.7. The predicted octanol–water partition coefficient (Wildman–Crippen LogP) is 1.41. The normalized spacial score (nSPS) is 18.5.